The van der Waals surface area contributed by atoms with Crippen molar-refractivity contribution in [3.05, 3.63) is 54.0 Å². The van der Waals surface area contributed by atoms with E-state index in [2.05, 4.69) is 22.1 Å². The lowest BCUT2D eigenvalue weighted by atomic mass is 9.96. The van der Waals surface area contributed by atoms with Crippen molar-refractivity contribution in [3.63, 3.8) is 0 Å². The maximum absolute atomic E-state index is 10.2. The lowest BCUT2D eigenvalue weighted by Gasteiger charge is -2.09. The van der Waals surface area contributed by atoms with Crippen LogP contribution in [0.4, 0.5) is 0 Å². The molecule has 0 amide bonds. The van der Waals surface area contributed by atoms with Crippen molar-refractivity contribution in [3.8, 4) is 28.1 Å². The molecule has 106 valence electrons. The Hall–Kier alpha value is -2.62. The van der Waals surface area contributed by atoms with Gasteiger partial charge >= 0.3 is 0 Å². The number of hydrogen-bond acceptors (Lipinski definition) is 3. The third-order valence-electron chi connectivity index (χ3n) is 3.57. The molecule has 0 aliphatic carbocycles. The van der Waals surface area contributed by atoms with E-state index in [1.807, 2.05) is 31.2 Å². The molecule has 0 fully saturated rings. The average molecular weight is 279 g/mol. The number of hydrogen-bond donors (Lipinski definition) is 2. The number of benzene rings is 1. The topological polar surface area (TPSA) is 61.8 Å². The Bertz CT molecular complexity index is 763. The summed E-state index contributed by atoms with van der Waals surface area (Å²) in [5.74, 6) is 0.270. The van der Waals surface area contributed by atoms with Gasteiger partial charge in [-0.05, 0) is 37.6 Å². The molecule has 3 aromatic rings. The van der Waals surface area contributed by atoms with Crippen LogP contribution in [-0.4, -0.2) is 20.3 Å². The fourth-order valence-electron chi connectivity index (χ4n) is 2.49. The van der Waals surface area contributed by atoms with E-state index in [-0.39, 0.29) is 5.75 Å². The number of aromatic amines is 1. The molecule has 0 atom stereocenters. The smallest absolute Gasteiger partial charge is 0.123 e. The molecule has 0 aliphatic rings. The first-order valence-corrected chi connectivity index (χ1v) is 6.98. The summed E-state index contributed by atoms with van der Waals surface area (Å²) in [7, 11) is 0. The molecule has 2 N–H and O–H groups in total. The van der Waals surface area contributed by atoms with E-state index in [1.165, 1.54) is 0 Å². The number of rotatable bonds is 3. The maximum atomic E-state index is 10.2. The fourth-order valence-corrected chi connectivity index (χ4v) is 2.49. The highest BCUT2D eigenvalue weighted by Gasteiger charge is 2.18. The molecule has 4 heteroatoms. The first kappa shape index (κ1) is 13.4. The van der Waals surface area contributed by atoms with Crippen molar-refractivity contribution in [2.45, 2.75) is 20.3 Å². The maximum Gasteiger partial charge on any atom is 0.123 e. The third kappa shape index (κ3) is 2.40. The normalized spacial score (nSPS) is 10.8. The zero-order valence-corrected chi connectivity index (χ0v) is 12.1. The van der Waals surface area contributed by atoms with Crippen LogP contribution in [-0.2, 0) is 6.42 Å². The molecule has 0 unspecified atom stereocenters. The van der Waals surface area contributed by atoms with Crippen molar-refractivity contribution < 1.29 is 5.11 Å². The van der Waals surface area contributed by atoms with Crippen molar-refractivity contribution in [2.24, 2.45) is 0 Å². The second kappa shape index (κ2) is 5.40. The molecule has 4 nitrogen and oxygen atoms in total. The first-order chi connectivity index (χ1) is 10.2. The van der Waals surface area contributed by atoms with Gasteiger partial charge < -0.3 is 5.11 Å². The standard InChI is InChI=1S/C17H17N3O/c1-3-14-16(13-10-11(2)4-5-15(13)21)17(20-19-14)12-6-8-18-9-7-12/h4-10,21H,3H2,1-2H3,(H,19,20). The van der Waals surface area contributed by atoms with E-state index in [4.69, 9.17) is 0 Å². The van der Waals surface area contributed by atoms with Crippen LogP contribution in [0.5, 0.6) is 5.75 Å². The zero-order valence-electron chi connectivity index (χ0n) is 12.1. The van der Waals surface area contributed by atoms with Crippen LogP contribution >= 0.6 is 0 Å². The van der Waals surface area contributed by atoms with Crippen molar-refractivity contribution in [2.75, 3.05) is 0 Å². The molecule has 1 aromatic carbocycles. The molecule has 0 spiro atoms. The number of phenolic OH excluding ortho intramolecular Hbond substituents is 1. The predicted octanol–water partition coefficient (Wildman–Crippen LogP) is 3.72. The Morgan fingerprint density at radius 2 is 1.90 bits per heavy atom. The Morgan fingerprint density at radius 1 is 1.14 bits per heavy atom. The minimum absolute atomic E-state index is 0.270. The monoisotopic (exact) mass is 279 g/mol. The van der Waals surface area contributed by atoms with E-state index in [9.17, 15) is 5.11 Å². The van der Waals surface area contributed by atoms with Gasteiger partial charge in [0.25, 0.3) is 0 Å². The molecule has 0 saturated carbocycles. The minimum atomic E-state index is 0.270. The number of nitrogens with one attached hydrogen (secondary N) is 1. The van der Waals surface area contributed by atoms with Crippen LogP contribution in [0.2, 0.25) is 0 Å². The molecule has 3 rings (SSSR count). The lowest BCUT2D eigenvalue weighted by molar-refractivity contribution is 0.477. The summed E-state index contributed by atoms with van der Waals surface area (Å²) in [6.07, 6.45) is 4.31. The second-order valence-electron chi connectivity index (χ2n) is 5.04. The third-order valence-corrected chi connectivity index (χ3v) is 3.57. The number of aryl methyl sites for hydroxylation is 2. The molecular weight excluding hydrogens is 262 g/mol. The van der Waals surface area contributed by atoms with Gasteiger partial charge in [-0.3, -0.25) is 10.1 Å². The molecular formula is C17H17N3O. The van der Waals surface area contributed by atoms with E-state index in [0.29, 0.717) is 0 Å². The fraction of sp³-hybridized carbons (Fsp3) is 0.176. The van der Waals surface area contributed by atoms with Crippen LogP contribution in [0.15, 0.2) is 42.7 Å². The van der Waals surface area contributed by atoms with E-state index >= 15 is 0 Å². The second-order valence-corrected chi connectivity index (χ2v) is 5.04. The van der Waals surface area contributed by atoms with Crippen molar-refractivity contribution >= 4 is 0 Å². The van der Waals surface area contributed by atoms with Crippen LogP contribution in [0, 0.1) is 6.92 Å². The van der Waals surface area contributed by atoms with Crippen molar-refractivity contribution in [1.29, 1.82) is 0 Å². The Kier molecular flexibility index (Phi) is 3.44. The van der Waals surface area contributed by atoms with E-state index < -0.39 is 0 Å². The van der Waals surface area contributed by atoms with Gasteiger partial charge in [0.1, 0.15) is 11.4 Å². The zero-order chi connectivity index (χ0) is 14.8. The first-order valence-electron chi connectivity index (χ1n) is 6.98. The van der Waals surface area contributed by atoms with Gasteiger partial charge in [0, 0.05) is 34.8 Å². The highest BCUT2D eigenvalue weighted by Crippen LogP contribution is 2.38. The number of pyridine rings is 1. The summed E-state index contributed by atoms with van der Waals surface area (Å²) in [6.45, 7) is 4.08. The van der Waals surface area contributed by atoms with Crippen LogP contribution in [0.3, 0.4) is 0 Å². The van der Waals surface area contributed by atoms with Crippen LogP contribution in [0.1, 0.15) is 18.2 Å². The molecule has 0 radical (unpaired) electrons. The Labute approximate surface area is 123 Å². The number of phenols is 1. The SMILES string of the molecule is CCc1[nH]nc(-c2ccncc2)c1-c1cc(C)ccc1O. The molecule has 2 aromatic heterocycles. The summed E-state index contributed by atoms with van der Waals surface area (Å²) in [5, 5.41) is 17.8. The Morgan fingerprint density at radius 3 is 2.62 bits per heavy atom. The van der Waals surface area contributed by atoms with Gasteiger partial charge in [0.2, 0.25) is 0 Å². The molecule has 0 saturated heterocycles. The molecule has 21 heavy (non-hydrogen) atoms. The summed E-state index contributed by atoms with van der Waals surface area (Å²) >= 11 is 0. The Balaban J connectivity index is 2.26. The quantitative estimate of drug-likeness (QED) is 0.768. The van der Waals surface area contributed by atoms with E-state index in [0.717, 1.165) is 40.1 Å². The van der Waals surface area contributed by atoms with Crippen LogP contribution in [0.25, 0.3) is 22.4 Å². The van der Waals surface area contributed by atoms with Crippen LogP contribution < -0.4 is 0 Å². The van der Waals surface area contributed by atoms with Gasteiger partial charge in [-0.1, -0.05) is 18.6 Å². The summed E-state index contributed by atoms with van der Waals surface area (Å²) in [5.41, 5.74) is 5.72. The lowest BCUT2D eigenvalue weighted by Crippen LogP contribution is -1.89. The molecule has 2 heterocycles. The summed E-state index contributed by atoms with van der Waals surface area (Å²) < 4.78 is 0. The van der Waals surface area contributed by atoms with Gasteiger partial charge in [0.05, 0.1) is 0 Å². The van der Waals surface area contributed by atoms with Crippen molar-refractivity contribution in [1.82, 2.24) is 15.2 Å². The predicted molar refractivity (Wildman–Crippen MR) is 83.0 cm³/mol. The summed E-state index contributed by atoms with van der Waals surface area (Å²) in [6, 6.07) is 9.46. The number of aromatic hydroxyl groups is 1. The number of aromatic nitrogens is 3. The molecule has 0 aliphatic heterocycles. The van der Waals surface area contributed by atoms with Gasteiger partial charge in [-0.2, -0.15) is 5.10 Å². The highest BCUT2D eigenvalue weighted by atomic mass is 16.3. The van der Waals surface area contributed by atoms with Gasteiger partial charge in [0.15, 0.2) is 0 Å². The summed E-state index contributed by atoms with van der Waals surface area (Å²) in [4.78, 5) is 4.04. The highest BCUT2D eigenvalue weighted by molar-refractivity contribution is 5.85. The van der Waals surface area contributed by atoms with Gasteiger partial charge in [-0.25, -0.2) is 0 Å². The van der Waals surface area contributed by atoms with E-state index in [1.54, 1.807) is 18.5 Å². The number of nitrogens with zero attached hydrogens (tertiary/aromatic N) is 2. The average Bonchev–Trinajstić information content (AvgIpc) is 2.94. The minimum Gasteiger partial charge on any atom is -0.507 e. The largest absolute Gasteiger partial charge is 0.507 e. The molecule has 0 bridgehead atoms. The van der Waals surface area contributed by atoms with Gasteiger partial charge in [-0.15, -0.1) is 0 Å². The number of H-pyrrole nitrogens is 1.